The molecule has 0 bridgehead atoms. The van der Waals surface area contributed by atoms with Crippen LogP contribution in [0.4, 0.5) is 0 Å². The molecule has 1 aromatic heterocycles. The highest BCUT2D eigenvalue weighted by molar-refractivity contribution is 5.37. The van der Waals surface area contributed by atoms with Crippen LogP contribution in [-0.2, 0) is 11.2 Å². The molecule has 1 spiro atoms. The van der Waals surface area contributed by atoms with E-state index in [4.69, 9.17) is 9.15 Å². The van der Waals surface area contributed by atoms with Gasteiger partial charge >= 0.3 is 0 Å². The molecule has 1 unspecified atom stereocenters. The summed E-state index contributed by atoms with van der Waals surface area (Å²) in [6, 6.07) is 2.07. The molecule has 0 aromatic carbocycles. The summed E-state index contributed by atoms with van der Waals surface area (Å²) in [5.74, 6) is 0.729. The zero-order valence-electron chi connectivity index (χ0n) is 14.3. The Bertz CT molecular complexity index is 597. The molecule has 0 amide bonds. The first kappa shape index (κ1) is 14.6. The molecule has 0 radical (unpaired) electrons. The second kappa shape index (κ2) is 4.50. The minimum atomic E-state index is -0.0229. The summed E-state index contributed by atoms with van der Waals surface area (Å²) in [7, 11) is 0. The van der Waals surface area contributed by atoms with Gasteiger partial charge < -0.3 is 9.15 Å². The third-order valence-corrected chi connectivity index (χ3v) is 7.05. The lowest BCUT2D eigenvalue weighted by molar-refractivity contribution is -0.0501. The molecule has 4 atom stereocenters. The van der Waals surface area contributed by atoms with Gasteiger partial charge in [-0.2, -0.15) is 0 Å². The molecule has 1 aliphatic heterocycles. The molecule has 2 aliphatic carbocycles. The summed E-state index contributed by atoms with van der Waals surface area (Å²) in [5.41, 5.74) is 3.41. The number of ether oxygens (including phenoxy) is 1. The lowest BCUT2D eigenvalue weighted by Crippen LogP contribution is -2.54. The van der Waals surface area contributed by atoms with Crippen LogP contribution in [-0.4, -0.2) is 11.7 Å². The normalized spacial score (nSPS) is 42.8. The van der Waals surface area contributed by atoms with Crippen LogP contribution in [0.1, 0.15) is 58.9 Å². The molecule has 1 saturated heterocycles. The molecule has 2 heteroatoms. The first-order valence-electron chi connectivity index (χ1n) is 8.76. The summed E-state index contributed by atoms with van der Waals surface area (Å²) >= 11 is 0. The van der Waals surface area contributed by atoms with E-state index in [-0.39, 0.29) is 11.0 Å². The van der Waals surface area contributed by atoms with Crippen LogP contribution in [0.25, 0.3) is 0 Å². The van der Waals surface area contributed by atoms with Gasteiger partial charge in [0.05, 0.1) is 18.6 Å². The highest BCUT2D eigenvalue weighted by Gasteiger charge is 2.72. The maximum atomic E-state index is 6.49. The Hall–Kier alpha value is -1.02. The Labute approximate surface area is 133 Å². The SMILES string of the molecule is CC1=CCC2C(C)(C)CCC[C@]2(C)[C@]12O[C@H]2Cc1ccoc1. The quantitative estimate of drug-likeness (QED) is 0.558. The van der Waals surface area contributed by atoms with Crippen molar-refractivity contribution in [1.29, 1.82) is 0 Å². The van der Waals surface area contributed by atoms with Crippen molar-refractivity contribution < 1.29 is 9.15 Å². The van der Waals surface area contributed by atoms with Gasteiger partial charge in [0.1, 0.15) is 5.60 Å². The van der Waals surface area contributed by atoms with Crippen molar-refractivity contribution in [3.05, 3.63) is 35.8 Å². The summed E-state index contributed by atoms with van der Waals surface area (Å²) in [6.45, 7) is 9.72. The Balaban J connectivity index is 1.69. The third-order valence-electron chi connectivity index (χ3n) is 7.05. The number of fused-ring (bicyclic) bond motifs is 2. The van der Waals surface area contributed by atoms with E-state index < -0.39 is 0 Å². The summed E-state index contributed by atoms with van der Waals surface area (Å²) in [5, 5.41) is 0. The van der Waals surface area contributed by atoms with Gasteiger partial charge in [0.2, 0.25) is 0 Å². The van der Waals surface area contributed by atoms with Gasteiger partial charge in [-0.05, 0) is 54.7 Å². The van der Waals surface area contributed by atoms with E-state index in [1.54, 1.807) is 6.26 Å². The van der Waals surface area contributed by atoms with Gasteiger partial charge in [-0.1, -0.05) is 33.3 Å². The number of hydrogen-bond acceptors (Lipinski definition) is 2. The van der Waals surface area contributed by atoms with E-state index in [9.17, 15) is 0 Å². The van der Waals surface area contributed by atoms with E-state index in [0.29, 0.717) is 11.5 Å². The first-order valence-corrected chi connectivity index (χ1v) is 8.76. The van der Waals surface area contributed by atoms with Gasteiger partial charge in [-0.3, -0.25) is 0 Å². The molecule has 3 aliphatic rings. The summed E-state index contributed by atoms with van der Waals surface area (Å²) in [6.07, 6.45) is 12.6. The average molecular weight is 300 g/mol. The number of epoxide rings is 1. The van der Waals surface area contributed by atoms with E-state index in [2.05, 4.69) is 39.8 Å². The Morgan fingerprint density at radius 3 is 2.77 bits per heavy atom. The van der Waals surface area contributed by atoms with Gasteiger partial charge in [0.25, 0.3) is 0 Å². The van der Waals surface area contributed by atoms with E-state index in [0.717, 1.165) is 12.3 Å². The Morgan fingerprint density at radius 2 is 2.05 bits per heavy atom. The zero-order valence-corrected chi connectivity index (χ0v) is 14.3. The molecule has 1 saturated carbocycles. The van der Waals surface area contributed by atoms with E-state index in [1.807, 2.05) is 6.26 Å². The second-order valence-electron chi connectivity index (χ2n) is 8.61. The number of allylic oxidation sites excluding steroid dienone is 1. The first-order chi connectivity index (χ1) is 10.4. The van der Waals surface area contributed by atoms with E-state index in [1.165, 1.54) is 36.8 Å². The highest BCUT2D eigenvalue weighted by atomic mass is 16.6. The fourth-order valence-corrected chi connectivity index (χ4v) is 5.89. The van der Waals surface area contributed by atoms with Crippen LogP contribution >= 0.6 is 0 Å². The summed E-state index contributed by atoms with van der Waals surface area (Å²) < 4.78 is 11.7. The van der Waals surface area contributed by atoms with Crippen LogP contribution in [0.15, 0.2) is 34.7 Å². The molecule has 4 rings (SSSR count). The molecule has 1 aromatic rings. The predicted molar refractivity (Wildman–Crippen MR) is 87.6 cm³/mol. The monoisotopic (exact) mass is 300 g/mol. The number of rotatable bonds is 2. The van der Waals surface area contributed by atoms with E-state index >= 15 is 0 Å². The van der Waals surface area contributed by atoms with Gasteiger partial charge in [-0.25, -0.2) is 0 Å². The molecule has 2 fully saturated rings. The van der Waals surface area contributed by atoms with Gasteiger partial charge in [0.15, 0.2) is 0 Å². The Kier molecular flexibility index (Phi) is 2.98. The van der Waals surface area contributed by atoms with Crippen LogP contribution in [0.3, 0.4) is 0 Å². The van der Waals surface area contributed by atoms with Crippen LogP contribution in [0.5, 0.6) is 0 Å². The fraction of sp³-hybridized carbons (Fsp3) is 0.700. The largest absolute Gasteiger partial charge is 0.472 e. The van der Waals surface area contributed by atoms with Crippen LogP contribution in [0, 0.1) is 16.7 Å². The third kappa shape index (κ3) is 1.76. The lowest BCUT2D eigenvalue weighted by Gasteiger charge is -2.56. The van der Waals surface area contributed by atoms with Crippen molar-refractivity contribution in [3.8, 4) is 0 Å². The van der Waals surface area contributed by atoms with Crippen molar-refractivity contribution in [3.63, 3.8) is 0 Å². The average Bonchev–Trinajstić information content (AvgIpc) is 2.91. The summed E-state index contributed by atoms with van der Waals surface area (Å²) in [4.78, 5) is 0. The predicted octanol–water partition coefficient (Wildman–Crippen LogP) is 5.14. The minimum absolute atomic E-state index is 0.0229. The zero-order chi connectivity index (χ0) is 15.6. The molecule has 2 heterocycles. The molecule has 0 N–H and O–H groups in total. The standard InChI is InChI=1S/C20H28O2/c1-14-6-7-16-18(2,3)9-5-10-19(16,4)20(14)17(22-20)12-15-8-11-21-13-15/h6,8,11,13,16-17H,5,7,9-10,12H2,1-4H3/t16?,17-,19-,20-/m0/s1. The van der Waals surface area contributed by atoms with Crippen molar-refractivity contribution >= 4 is 0 Å². The van der Waals surface area contributed by atoms with Crippen molar-refractivity contribution in [1.82, 2.24) is 0 Å². The topological polar surface area (TPSA) is 25.7 Å². The van der Waals surface area contributed by atoms with Gasteiger partial charge in [-0.15, -0.1) is 0 Å². The maximum Gasteiger partial charge on any atom is 0.121 e. The van der Waals surface area contributed by atoms with Crippen LogP contribution in [0.2, 0.25) is 0 Å². The maximum absolute atomic E-state index is 6.49. The van der Waals surface area contributed by atoms with Crippen molar-refractivity contribution in [2.24, 2.45) is 16.7 Å². The molecular weight excluding hydrogens is 272 g/mol. The molecule has 120 valence electrons. The molecule has 2 nitrogen and oxygen atoms in total. The fourth-order valence-electron chi connectivity index (χ4n) is 5.89. The number of hydrogen-bond donors (Lipinski definition) is 0. The Morgan fingerprint density at radius 1 is 1.23 bits per heavy atom. The minimum Gasteiger partial charge on any atom is -0.472 e. The highest BCUT2D eigenvalue weighted by Crippen LogP contribution is 2.69. The van der Waals surface area contributed by atoms with Crippen molar-refractivity contribution in [2.45, 2.75) is 71.5 Å². The second-order valence-corrected chi connectivity index (χ2v) is 8.61. The number of furan rings is 1. The lowest BCUT2D eigenvalue weighted by atomic mass is 9.47. The van der Waals surface area contributed by atoms with Gasteiger partial charge in [0, 0.05) is 11.8 Å². The van der Waals surface area contributed by atoms with Crippen molar-refractivity contribution in [2.75, 3.05) is 0 Å². The molecule has 22 heavy (non-hydrogen) atoms. The molecular formula is C20H28O2. The van der Waals surface area contributed by atoms with Crippen LogP contribution < -0.4 is 0 Å². The smallest absolute Gasteiger partial charge is 0.121 e.